The van der Waals surface area contributed by atoms with E-state index in [9.17, 15) is 0 Å². The molecule has 0 spiro atoms. The summed E-state index contributed by atoms with van der Waals surface area (Å²) in [6.07, 6.45) is 4.00. The molecule has 1 aromatic rings. The van der Waals surface area contributed by atoms with Gasteiger partial charge in [0.05, 0.1) is 20.3 Å². The van der Waals surface area contributed by atoms with Crippen LogP contribution in [0, 0.1) is 0 Å². The molecule has 0 N–H and O–H groups in total. The minimum absolute atomic E-state index is 0.760. The van der Waals surface area contributed by atoms with Crippen LogP contribution >= 0.6 is 12.2 Å². The van der Waals surface area contributed by atoms with E-state index in [4.69, 9.17) is 21.7 Å². The summed E-state index contributed by atoms with van der Waals surface area (Å²) in [6.45, 7) is 3.28. The van der Waals surface area contributed by atoms with Gasteiger partial charge in [-0.2, -0.15) is 0 Å². The van der Waals surface area contributed by atoms with Gasteiger partial charge < -0.3 is 14.4 Å². The van der Waals surface area contributed by atoms with Gasteiger partial charge in [-0.1, -0.05) is 30.4 Å². The van der Waals surface area contributed by atoms with Crippen molar-refractivity contribution in [2.75, 3.05) is 33.4 Å². The standard InChI is InChI=1S/C14H17NO2S/c1-16-13-5-2-12(3-6-13)4-7-14(18)15-8-10-17-11-9-15/h2-7H,8-11H2,1H3/b7-4+. The van der Waals surface area contributed by atoms with Gasteiger partial charge >= 0.3 is 0 Å². The summed E-state index contributed by atoms with van der Waals surface area (Å²) in [7, 11) is 1.67. The molecule has 0 bridgehead atoms. The highest BCUT2D eigenvalue weighted by Crippen LogP contribution is 2.12. The SMILES string of the molecule is COc1ccc(/C=C/C(=S)N2CCOCC2)cc1. The Balaban J connectivity index is 1.94. The van der Waals surface area contributed by atoms with Crippen LogP contribution < -0.4 is 4.74 Å². The maximum Gasteiger partial charge on any atom is 0.118 e. The molecule has 0 aliphatic carbocycles. The fourth-order valence-electron chi connectivity index (χ4n) is 1.77. The zero-order valence-corrected chi connectivity index (χ0v) is 11.3. The van der Waals surface area contributed by atoms with Crippen molar-refractivity contribution in [1.82, 2.24) is 4.90 Å². The molecule has 1 saturated heterocycles. The van der Waals surface area contributed by atoms with Crippen LogP contribution in [-0.2, 0) is 4.74 Å². The zero-order valence-electron chi connectivity index (χ0n) is 10.5. The lowest BCUT2D eigenvalue weighted by atomic mass is 10.2. The lowest BCUT2D eigenvalue weighted by Crippen LogP contribution is -2.38. The number of ether oxygens (including phenoxy) is 2. The van der Waals surface area contributed by atoms with Gasteiger partial charge in [0.15, 0.2) is 0 Å². The molecule has 1 aromatic carbocycles. The smallest absolute Gasteiger partial charge is 0.118 e. The average Bonchev–Trinajstić information content (AvgIpc) is 2.46. The number of benzene rings is 1. The molecule has 1 aliphatic rings. The number of nitrogens with zero attached hydrogens (tertiary/aromatic N) is 1. The topological polar surface area (TPSA) is 21.7 Å². The first-order chi connectivity index (χ1) is 8.79. The number of thiocarbonyl (C=S) groups is 1. The molecule has 96 valence electrons. The molecule has 3 nitrogen and oxygen atoms in total. The number of hydrogen-bond donors (Lipinski definition) is 0. The minimum Gasteiger partial charge on any atom is -0.497 e. The number of hydrogen-bond acceptors (Lipinski definition) is 3. The predicted molar refractivity (Wildman–Crippen MR) is 77.0 cm³/mol. The van der Waals surface area contributed by atoms with E-state index in [1.807, 2.05) is 36.4 Å². The summed E-state index contributed by atoms with van der Waals surface area (Å²) in [5, 5.41) is 0. The first-order valence-corrected chi connectivity index (χ1v) is 6.39. The quantitative estimate of drug-likeness (QED) is 0.616. The second-order valence-corrected chi connectivity index (χ2v) is 4.46. The fourth-order valence-corrected chi connectivity index (χ4v) is 2.02. The Hall–Kier alpha value is -1.39. The first-order valence-electron chi connectivity index (χ1n) is 5.98. The minimum atomic E-state index is 0.760. The van der Waals surface area contributed by atoms with Gasteiger partial charge in [-0.3, -0.25) is 0 Å². The maximum atomic E-state index is 5.38. The third kappa shape index (κ3) is 3.55. The summed E-state index contributed by atoms with van der Waals surface area (Å²) in [5.74, 6) is 0.864. The molecule has 0 atom stereocenters. The van der Waals surface area contributed by atoms with Gasteiger partial charge in [-0.05, 0) is 23.8 Å². The fraction of sp³-hybridized carbons (Fsp3) is 0.357. The Bertz CT molecular complexity index is 422. The molecule has 0 aromatic heterocycles. The third-order valence-electron chi connectivity index (χ3n) is 2.86. The molecule has 1 heterocycles. The second kappa shape index (κ2) is 6.52. The molecular formula is C14H17NO2S. The van der Waals surface area contributed by atoms with Crippen LogP contribution in [0.3, 0.4) is 0 Å². The van der Waals surface area contributed by atoms with Crippen LogP contribution in [0.1, 0.15) is 5.56 Å². The molecule has 0 saturated carbocycles. The maximum absolute atomic E-state index is 5.38. The van der Waals surface area contributed by atoms with E-state index in [2.05, 4.69) is 4.90 Å². The van der Waals surface area contributed by atoms with Crippen LogP contribution in [0.2, 0.25) is 0 Å². The Labute approximate surface area is 113 Å². The number of methoxy groups -OCH3 is 1. The van der Waals surface area contributed by atoms with Crippen molar-refractivity contribution in [2.24, 2.45) is 0 Å². The van der Waals surface area contributed by atoms with Gasteiger partial charge in [0.2, 0.25) is 0 Å². The van der Waals surface area contributed by atoms with Crippen molar-refractivity contribution >= 4 is 23.3 Å². The summed E-state index contributed by atoms with van der Waals surface area (Å²) in [4.78, 5) is 3.04. The normalized spacial score (nSPS) is 15.9. The molecule has 0 unspecified atom stereocenters. The Kier molecular flexibility index (Phi) is 4.73. The first kappa shape index (κ1) is 13.1. The van der Waals surface area contributed by atoms with Gasteiger partial charge in [0, 0.05) is 13.1 Å². The molecular weight excluding hydrogens is 246 g/mol. The summed E-state index contributed by atoms with van der Waals surface area (Å²) in [5.41, 5.74) is 1.12. The van der Waals surface area contributed by atoms with Crippen LogP contribution in [-0.4, -0.2) is 43.3 Å². The monoisotopic (exact) mass is 263 g/mol. The highest BCUT2D eigenvalue weighted by molar-refractivity contribution is 7.80. The number of rotatable bonds is 3. The van der Waals surface area contributed by atoms with Crippen molar-refractivity contribution < 1.29 is 9.47 Å². The number of morpholine rings is 1. The van der Waals surface area contributed by atoms with Crippen molar-refractivity contribution in [3.8, 4) is 5.75 Å². The van der Waals surface area contributed by atoms with E-state index < -0.39 is 0 Å². The highest BCUT2D eigenvalue weighted by Gasteiger charge is 2.10. The van der Waals surface area contributed by atoms with Crippen molar-refractivity contribution in [1.29, 1.82) is 0 Å². The Morgan fingerprint density at radius 1 is 1.28 bits per heavy atom. The highest BCUT2D eigenvalue weighted by atomic mass is 32.1. The predicted octanol–water partition coefficient (Wildman–Crippen LogP) is 2.37. The van der Waals surface area contributed by atoms with E-state index in [-0.39, 0.29) is 0 Å². The Morgan fingerprint density at radius 2 is 1.94 bits per heavy atom. The van der Waals surface area contributed by atoms with Gasteiger partial charge in [-0.15, -0.1) is 0 Å². The molecule has 2 rings (SSSR count). The summed E-state index contributed by atoms with van der Waals surface area (Å²) >= 11 is 5.38. The van der Waals surface area contributed by atoms with Crippen molar-refractivity contribution in [3.05, 3.63) is 35.9 Å². The Morgan fingerprint density at radius 3 is 2.56 bits per heavy atom. The van der Waals surface area contributed by atoms with Crippen LogP contribution in [0.5, 0.6) is 5.75 Å². The zero-order chi connectivity index (χ0) is 12.8. The lowest BCUT2D eigenvalue weighted by molar-refractivity contribution is 0.0694. The van der Waals surface area contributed by atoms with Gasteiger partial charge in [0.25, 0.3) is 0 Å². The van der Waals surface area contributed by atoms with Crippen LogP contribution in [0.15, 0.2) is 30.3 Å². The van der Waals surface area contributed by atoms with E-state index in [0.717, 1.165) is 42.6 Å². The summed E-state index contributed by atoms with van der Waals surface area (Å²) in [6, 6.07) is 7.91. The summed E-state index contributed by atoms with van der Waals surface area (Å²) < 4.78 is 10.4. The van der Waals surface area contributed by atoms with Crippen molar-refractivity contribution in [2.45, 2.75) is 0 Å². The van der Waals surface area contributed by atoms with E-state index in [0.29, 0.717) is 0 Å². The largest absolute Gasteiger partial charge is 0.497 e. The molecule has 18 heavy (non-hydrogen) atoms. The molecule has 4 heteroatoms. The molecule has 0 radical (unpaired) electrons. The second-order valence-electron chi connectivity index (χ2n) is 4.04. The van der Waals surface area contributed by atoms with E-state index in [1.165, 1.54) is 0 Å². The van der Waals surface area contributed by atoms with E-state index in [1.54, 1.807) is 7.11 Å². The van der Waals surface area contributed by atoms with Gasteiger partial charge in [-0.25, -0.2) is 0 Å². The molecule has 0 amide bonds. The lowest BCUT2D eigenvalue weighted by Gasteiger charge is -2.27. The van der Waals surface area contributed by atoms with E-state index >= 15 is 0 Å². The van der Waals surface area contributed by atoms with Crippen LogP contribution in [0.25, 0.3) is 6.08 Å². The third-order valence-corrected chi connectivity index (χ3v) is 3.25. The molecule has 1 aliphatic heterocycles. The molecule has 1 fully saturated rings. The van der Waals surface area contributed by atoms with Gasteiger partial charge in [0.1, 0.15) is 10.7 Å². The van der Waals surface area contributed by atoms with Crippen LogP contribution in [0.4, 0.5) is 0 Å². The average molecular weight is 263 g/mol. The van der Waals surface area contributed by atoms with Crippen molar-refractivity contribution in [3.63, 3.8) is 0 Å².